The minimum Gasteiger partial charge on any atom is -0.454 e. The quantitative estimate of drug-likeness (QED) is 0.602. The van der Waals surface area contributed by atoms with Crippen molar-refractivity contribution in [2.24, 2.45) is 4.99 Å². The molecule has 4 rings (SSSR count). The highest BCUT2D eigenvalue weighted by Crippen LogP contribution is 2.33. The van der Waals surface area contributed by atoms with Gasteiger partial charge in [0.1, 0.15) is 17.6 Å². The molecule has 1 amide bonds. The first kappa shape index (κ1) is 20.9. The van der Waals surface area contributed by atoms with Crippen LogP contribution < -0.4 is 14.8 Å². The third-order valence-electron chi connectivity index (χ3n) is 4.57. The second-order valence-corrected chi connectivity index (χ2v) is 8.83. The molecule has 0 bridgehead atoms. The van der Waals surface area contributed by atoms with Gasteiger partial charge in [-0.3, -0.25) is 14.5 Å². The number of ether oxygens (including phenoxy) is 1. The molecular weight excluding hydrogens is 438 g/mol. The van der Waals surface area contributed by atoms with E-state index < -0.39 is 22.0 Å². The Balaban J connectivity index is 1.55. The molecule has 1 heterocycles. The number of nitrogens with zero attached hydrogens (tertiary/aromatic N) is 1. The van der Waals surface area contributed by atoms with Crippen LogP contribution in [-0.4, -0.2) is 26.2 Å². The number of sulfonamides is 1. The molecule has 0 fully saturated rings. The number of amidine groups is 1. The van der Waals surface area contributed by atoms with Crippen LogP contribution in [0.5, 0.6) is 11.5 Å². The lowest BCUT2D eigenvalue weighted by Gasteiger charge is -2.14. The highest BCUT2D eigenvalue weighted by molar-refractivity contribution is 7.90. The van der Waals surface area contributed by atoms with Gasteiger partial charge in [0.2, 0.25) is 5.91 Å². The van der Waals surface area contributed by atoms with E-state index in [0.29, 0.717) is 27.8 Å². The number of para-hydroxylation sites is 3. The average molecular weight is 456 g/mol. The van der Waals surface area contributed by atoms with Crippen molar-refractivity contribution in [3.8, 4) is 11.5 Å². The Morgan fingerprint density at radius 2 is 1.65 bits per heavy atom. The summed E-state index contributed by atoms with van der Waals surface area (Å²) in [6, 6.07) is 19.6. The first-order valence-electron chi connectivity index (χ1n) is 9.37. The highest BCUT2D eigenvalue weighted by Gasteiger charge is 2.31. The minimum absolute atomic E-state index is 0.138. The SMILES string of the molecule is C[C@H](N=C1NS(=O)(=O)c2ccccc21)C(=O)Nc1ccccc1Oc1ccccc1Cl. The van der Waals surface area contributed by atoms with Crippen molar-refractivity contribution in [2.75, 3.05) is 5.32 Å². The molecule has 0 unspecified atom stereocenters. The topological polar surface area (TPSA) is 96.9 Å². The standard InChI is InChI=1S/C22H18ClN3O4S/c1-14(24-21-15-8-2-7-13-20(15)31(28,29)26-21)22(27)25-17-10-4-6-12-19(17)30-18-11-5-3-9-16(18)23/h2-14H,1H3,(H,24,26)(H,25,27)/t14-/m0/s1. The Hall–Kier alpha value is -3.36. The van der Waals surface area contributed by atoms with Gasteiger partial charge < -0.3 is 10.1 Å². The Bertz CT molecular complexity index is 1290. The van der Waals surface area contributed by atoms with Crippen LogP contribution in [0.2, 0.25) is 5.02 Å². The molecule has 0 radical (unpaired) electrons. The number of fused-ring (bicyclic) bond motifs is 1. The second-order valence-electron chi connectivity index (χ2n) is 6.77. The fourth-order valence-electron chi connectivity index (χ4n) is 3.02. The van der Waals surface area contributed by atoms with Crippen LogP contribution in [0.15, 0.2) is 82.7 Å². The van der Waals surface area contributed by atoms with Crippen molar-refractivity contribution >= 4 is 39.1 Å². The number of aliphatic imine (C=N–C) groups is 1. The van der Waals surface area contributed by atoms with Crippen molar-refractivity contribution < 1.29 is 17.9 Å². The van der Waals surface area contributed by atoms with Gasteiger partial charge in [-0.2, -0.15) is 0 Å². The van der Waals surface area contributed by atoms with Crippen LogP contribution in [0, 0.1) is 0 Å². The molecule has 1 aliphatic rings. The smallest absolute Gasteiger partial charge is 0.263 e. The summed E-state index contributed by atoms with van der Waals surface area (Å²) in [6.07, 6.45) is 0. The molecule has 158 valence electrons. The molecule has 0 spiro atoms. The number of halogens is 1. The largest absolute Gasteiger partial charge is 0.454 e. The van der Waals surface area contributed by atoms with Crippen LogP contribution in [0.1, 0.15) is 12.5 Å². The lowest BCUT2D eigenvalue weighted by Crippen LogP contribution is -2.29. The van der Waals surface area contributed by atoms with Gasteiger partial charge in [-0.15, -0.1) is 0 Å². The van der Waals surface area contributed by atoms with E-state index in [2.05, 4.69) is 15.0 Å². The predicted molar refractivity (Wildman–Crippen MR) is 119 cm³/mol. The number of hydrogen-bond acceptors (Lipinski definition) is 5. The minimum atomic E-state index is -3.68. The fraction of sp³-hybridized carbons (Fsp3) is 0.0909. The average Bonchev–Trinajstić information content (AvgIpc) is 3.01. The van der Waals surface area contributed by atoms with E-state index >= 15 is 0 Å². The molecule has 0 aromatic heterocycles. The first-order chi connectivity index (χ1) is 14.8. The zero-order chi connectivity index (χ0) is 22.0. The number of benzene rings is 3. The summed E-state index contributed by atoms with van der Waals surface area (Å²) in [6.45, 7) is 1.58. The molecule has 1 atom stereocenters. The lowest BCUT2D eigenvalue weighted by molar-refractivity contribution is -0.117. The molecule has 3 aromatic carbocycles. The Kier molecular flexibility index (Phi) is 5.67. The number of nitrogens with one attached hydrogen (secondary N) is 2. The molecule has 0 saturated carbocycles. The lowest BCUT2D eigenvalue weighted by atomic mass is 10.2. The zero-order valence-electron chi connectivity index (χ0n) is 16.4. The van der Waals surface area contributed by atoms with Crippen molar-refractivity contribution in [3.05, 3.63) is 83.4 Å². The van der Waals surface area contributed by atoms with E-state index in [-0.39, 0.29) is 10.7 Å². The van der Waals surface area contributed by atoms with Gasteiger partial charge in [0.05, 0.1) is 15.6 Å². The molecular formula is C22H18ClN3O4S. The summed E-state index contributed by atoms with van der Waals surface area (Å²) in [4.78, 5) is 17.2. The zero-order valence-corrected chi connectivity index (χ0v) is 17.9. The fourth-order valence-corrected chi connectivity index (χ4v) is 4.44. The Morgan fingerprint density at radius 1 is 1.00 bits per heavy atom. The van der Waals surface area contributed by atoms with E-state index in [9.17, 15) is 13.2 Å². The third kappa shape index (κ3) is 4.40. The predicted octanol–water partition coefficient (Wildman–Crippen LogP) is 4.20. The van der Waals surface area contributed by atoms with Gasteiger partial charge in [0, 0.05) is 5.56 Å². The highest BCUT2D eigenvalue weighted by atomic mass is 35.5. The molecule has 1 aliphatic heterocycles. The number of anilines is 1. The van der Waals surface area contributed by atoms with Gasteiger partial charge in [0.25, 0.3) is 10.0 Å². The number of carbonyl (C=O) groups is 1. The molecule has 3 aromatic rings. The van der Waals surface area contributed by atoms with Crippen molar-refractivity contribution in [2.45, 2.75) is 17.9 Å². The number of amides is 1. The first-order valence-corrected chi connectivity index (χ1v) is 11.2. The normalized spacial score (nSPS) is 16.3. The number of carbonyl (C=O) groups excluding carboxylic acids is 1. The Morgan fingerprint density at radius 3 is 2.42 bits per heavy atom. The van der Waals surface area contributed by atoms with Crippen molar-refractivity contribution in [3.63, 3.8) is 0 Å². The molecule has 0 saturated heterocycles. The van der Waals surface area contributed by atoms with E-state index in [1.54, 1.807) is 73.7 Å². The maximum atomic E-state index is 12.8. The summed E-state index contributed by atoms with van der Waals surface area (Å²) in [5, 5.41) is 3.22. The maximum Gasteiger partial charge on any atom is 0.263 e. The third-order valence-corrected chi connectivity index (χ3v) is 6.28. The van der Waals surface area contributed by atoms with Crippen LogP contribution in [-0.2, 0) is 14.8 Å². The van der Waals surface area contributed by atoms with Crippen LogP contribution in [0.4, 0.5) is 5.69 Å². The van der Waals surface area contributed by atoms with E-state index in [1.807, 2.05) is 0 Å². The van der Waals surface area contributed by atoms with Gasteiger partial charge in [0.15, 0.2) is 5.75 Å². The van der Waals surface area contributed by atoms with E-state index in [1.165, 1.54) is 6.07 Å². The summed E-state index contributed by atoms with van der Waals surface area (Å²) in [5.41, 5.74) is 0.872. The van der Waals surface area contributed by atoms with Crippen molar-refractivity contribution in [1.82, 2.24) is 4.72 Å². The van der Waals surface area contributed by atoms with Crippen molar-refractivity contribution in [1.29, 1.82) is 0 Å². The van der Waals surface area contributed by atoms with Crippen LogP contribution in [0.3, 0.4) is 0 Å². The number of rotatable bonds is 5. The molecule has 0 aliphatic carbocycles. The molecule has 9 heteroatoms. The molecule has 2 N–H and O–H groups in total. The summed E-state index contributed by atoms with van der Waals surface area (Å²) < 4.78 is 32.7. The van der Waals surface area contributed by atoms with Gasteiger partial charge >= 0.3 is 0 Å². The molecule has 7 nitrogen and oxygen atoms in total. The number of hydrogen-bond donors (Lipinski definition) is 2. The van der Waals surface area contributed by atoms with E-state index in [4.69, 9.17) is 16.3 Å². The van der Waals surface area contributed by atoms with E-state index in [0.717, 1.165) is 0 Å². The summed E-state index contributed by atoms with van der Waals surface area (Å²) >= 11 is 6.16. The monoisotopic (exact) mass is 455 g/mol. The second kappa shape index (κ2) is 8.41. The summed E-state index contributed by atoms with van der Waals surface area (Å²) in [7, 11) is -3.68. The van der Waals surface area contributed by atoms with Gasteiger partial charge in [-0.1, -0.05) is 48.0 Å². The maximum absolute atomic E-state index is 12.8. The van der Waals surface area contributed by atoms with Gasteiger partial charge in [-0.05, 0) is 43.3 Å². The molecule has 31 heavy (non-hydrogen) atoms. The van der Waals surface area contributed by atoms with Crippen LogP contribution in [0.25, 0.3) is 0 Å². The Labute approximate surface area is 184 Å². The summed E-state index contributed by atoms with van der Waals surface area (Å²) in [5.74, 6) is 0.581. The van der Waals surface area contributed by atoms with Gasteiger partial charge in [-0.25, -0.2) is 8.42 Å². The van der Waals surface area contributed by atoms with Crippen LogP contribution >= 0.6 is 11.6 Å².